The minimum absolute atomic E-state index is 0.464. The Morgan fingerprint density at radius 1 is 0.963 bits per heavy atom. The molecule has 0 amide bonds. The first kappa shape index (κ1) is 24.8. The van der Waals surface area contributed by atoms with Crippen LogP contribution < -0.4 is 0 Å². The number of carbonyl (C=O) groups is 3. The Morgan fingerprint density at radius 3 is 1.96 bits per heavy atom. The third-order valence-corrected chi connectivity index (χ3v) is 4.03. The van der Waals surface area contributed by atoms with Crippen LogP contribution in [0.4, 0.5) is 0 Å². The van der Waals surface area contributed by atoms with Gasteiger partial charge in [-0.05, 0) is 61.3 Å². The average Bonchev–Trinajstić information content (AvgIpc) is 2.49. The van der Waals surface area contributed by atoms with E-state index >= 15 is 0 Å². The highest BCUT2D eigenvalue weighted by atomic mass is 16.6. The monoisotopic (exact) mass is 384 g/mol. The Balaban J connectivity index is 4.85. The van der Waals surface area contributed by atoms with Crippen LogP contribution in [0.1, 0.15) is 61.3 Å². The van der Waals surface area contributed by atoms with Crippen molar-refractivity contribution in [3.05, 3.63) is 25.0 Å². The van der Waals surface area contributed by atoms with E-state index < -0.39 is 40.6 Å². The molecule has 27 heavy (non-hydrogen) atoms. The highest BCUT2D eigenvalue weighted by molar-refractivity contribution is 5.92. The lowest BCUT2D eigenvalue weighted by molar-refractivity contribution is -0.176. The molecule has 0 heterocycles. The van der Waals surface area contributed by atoms with E-state index in [9.17, 15) is 19.5 Å². The van der Waals surface area contributed by atoms with Gasteiger partial charge in [-0.25, -0.2) is 9.59 Å². The van der Waals surface area contributed by atoms with E-state index in [0.29, 0.717) is 12.8 Å². The molecule has 0 aliphatic heterocycles. The molecule has 0 saturated heterocycles. The summed E-state index contributed by atoms with van der Waals surface area (Å²) in [5, 5.41) is 9.83. The standard InChI is InChI=1S/C20H32O7/c1-9-25-15(21)10-11-16(22)26-20(7,8)14(2)17(23)27-19(5,6)13-12-18(3,4)24/h9-11,14,24H,1,12-13H2,2-8H3/b11-10-. The number of hydrogen-bond donors (Lipinski definition) is 1. The molecule has 0 rings (SSSR count). The van der Waals surface area contributed by atoms with Gasteiger partial charge in [0.25, 0.3) is 0 Å². The van der Waals surface area contributed by atoms with Crippen LogP contribution in [-0.2, 0) is 28.6 Å². The highest BCUT2D eigenvalue weighted by Crippen LogP contribution is 2.28. The lowest BCUT2D eigenvalue weighted by atomic mass is 9.91. The maximum atomic E-state index is 12.5. The van der Waals surface area contributed by atoms with E-state index in [1.807, 2.05) is 0 Å². The van der Waals surface area contributed by atoms with Gasteiger partial charge in [-0.3, -0.25) is 4.79 Å². The van der Waals surface area contributed by atoms with Crippen LogP contribution in [0, 0.1) is 5.92 Å². The van der Waals surface area contributed by atoms with Crippen LogP contribution in [-0.4, -0.2) is 39.8 Å². The minimum atomic E-state index is -1.16. The van der Waals surface area contributed by atoms with Crippen LogP contribution >= 0.6 is 0 Å². The SMILES string of the molecule is C=COC(=O)/C=C\C(=O)OC(C)(C)C(C)C(=O)OC(C)(C)CCC(C)(C)O. The molecule has 0 radical (unpaired) electrons. The van der Waals surface area contributed by atoms with Crippen molar-refractivity contribution in [1.82, 2.24) is 0 Å². The lowest BCUT2D eigenvalue weighted by Gasteiger charge is -2.34. The van der Waals surface area contributed by atoms with Gasteiger partial charge >= 0.3 is 17.9 Å². The zero-order chi connectivity index (χ0) is 21.5. The summed E-state index contributed by atoms with van der Waals surface area (Å²) in [6, 6.07) is 0. The molecule has 7 nitrogen and oxygen atoms in total. The number of aliphatic hydroxyl groups is 1. The fraction of sp³-hybridized carbons (Fsp3) is 0.650. The van der Waals surface area contributed by atoms with Gasteiger partial charge in [-0.2, -0.15) is 0 Å². The number of hydrogen-bond acceptors (Lipinski definition) is 7. The third-order valence-electron chi connectivity index (χ3n) is 4.03. The highest BCUT2D eigenvalue weighted by Gasteiger charge is 2.38. The first-order valence-electron chi connectivity index (χ1n) is 8.77. The van der Waals surface area contributed by atoms with E-state index in [2.05, 4.69) is 11.3 Å². The number of ether oxygens (including phenoxy) is 3. The van der Waals surface area contributed by atoms with Gasteiger partial charge in [0, 0.05) is 12.2 Å². The first-order chi connectivity index (χ1) is 12.1. The topological polar surface area (TPSA) is 99.1 Å². The summed E-state index contributed by atoms with van der Waals surface area (Å²) in [4.78, 5) is 35.5. The molecule has 0 aromatic carbocycles. The van der Waals surface area contributed by atoms with Crippen molar-refractivity contribution in [3.8, 4) is 0 Å². The summed E-state index contributed by atoms with van der Waals surface area (Å²) in [6.07, 6.45) is 3.70. The number of rotatable bonds is 10. The third kappa shape index (κ3) is 10.6. The second-order valence-corrected chi connectivity index (χ2v) is 8.18. The normalized spacial score (nSPS) is 13.8. The largest absolute Gasteiger partial charge is 0.459 e. The lowest BCUT2D eigenvalue weighted by Crippen LogP contribution is -2.43. The minimum Gasteiger partial charge on any atom is -0.459 e. The van der Waals surface area contributed by atoms with Crippen molar-refractivity contribution in [2.75, 3.05) is 0 Å². The predicted molar refractivity (Wildman–Crippen MR) is 100 cm³/mol. The molecule has 0 aromatic heterocycles. The fourth-order valence-electron chi connectivity index (χ4n) is 1.94. The van der Waals surface area contributed by atoms with Crippen molar-refractivity contribution in [2.24, 2.45) is 5.92 Å². The summed E-state index contributed by atoms with van der Waals surface area (Å²) < 4.78 is 15.3. The molecular formula is C20H32O7. The Kier molecular flexibility index (Phi) is 8.92. The van der Waals surface area contributed by atoms with Crippen LogP contribution in [0.3, 0.4) is 0 Å². The molecule has 1 N–H and O–H groups in total. The van der Waals surface area contributed by atoms with Gasteiger partial charge in [0.15, 0.2) is 0 Å². The molecule has 0 saturated carbocycles. The zero-order valence-electron chi connectivity index (χ0n) is 17.3. The molecular weight excluding hydrogens is 352 g/mol. The Labute approximate surface area is 161 Å². The number of esters is 3. The Morgan fingerprint density at radius 2 is 1.48 bits per heavy atom. The second-order valence-electron chi connectivity index (χ2n) is 8.18. The van der Waals surface area contributed by atoms with Crippen molar-refractivity contribution in [1.29, 1.82) is 0 Å². The van der Waals surface area contributed by atoms with Gasteiger partial charge in [0.2, 0.25) is 0 Å². The maximum absolute atomic E-state index is 12.5. The van der Waals surface area contributed by atoms with Crippen molar-refractivity contribution in [3.63, 3.8) is 0 Å². The van der Waals surface area contributed by atoms with Crippen molar-refractivity contribution < 1.29 is 33.7 Å². The van der Waals surface area contributed by atoms with E-state index in [1.54, 1.807) is 48.5 Å². The first-order valence-corrected chi connectivity index (χ1v) is 8.77. The van der Waals surface area contributed by atoms with Crippen LogP contribution in [0.15, 0.2) is 25.0 Å². The molecule has 1 unspecified atom stereocenters. The van der Waals surface area contributed by atoms with Crippen molar-refractivity contribution in [2.45, 2.75) is 78.1 Å². The average molecular weight is 384 g/mol. The predicted octanol–water partition coefficient (Wildman–Crippen LogP) is 3.06. The Bertz CT molecular complexity index is 580. The van der Waals surface area contributed by atoms with Crippen LogP contribution in [0.25, 0.3) is 0 Å². The summed E-state index contributed by atoms with van der Waals surface area (Å²) in [5.74, 6) is -2.83. The molecule has 0 spiro atoms. The van der Waals surface area contributed by atoms with Crippen molar-refractivity contribution >= 4 is 17.9 Å². The smallest absolute Gasteiger partial charge is 0.335 e. The molecule has 154 valence electrons. The summed E-state index contributed by atoms with van der Waals surface area (Å²) >= 11 is 0. The van der Waals surface area contributed by atoms with E-state index in [-0.39, 0.29) is 0 Å². The van der Waals surface area contributed by atoms with Gasteiger partial charge in [0.1, 0.15) is 11.2 Å². The molecule has 0 bridgehead atoms. The number of carbonyl (C=O) groups excluding carboxylic acids is 3. The van der Waals surface area contributed by atoms with Crippen LogP contribution in [0.5, 0.6) is 0 Å². The van der Waals surface area contributed by atoms with E-state index in [4.69, 9.17) is 9.47 Å². The maximum Gasteiger partial charge on any atom is 0.335 e. The molecule has 7 heteroatoms. The molecule has 0 fully saturated rings. The van der Waals surface area contributed by atoms with E-state index in [1.165, 1.54) is 0 Å². The zero-order valence-corrected chi connectivity index (χ0v) is 17.3. The molecule has 0 aliphatic rings. The van der Waals surface area contributed by atoms with Crippen LogP contribution in [0.2, 0.25) is 0 Å². The summed E-state index contributed by atoms with van der Waals surface area (Å²) in [7, 11) is 0. The van der Waals surface area contributed by atoms with Gasteiger partial charge in [-0.15, -0.1) is 0 Å². The summed E-state index contributed by atoms with van der Waals surface area (Å²) in [6.45, 7) is 14.9. The summed E-state index contributed by atoms with van der Waals surface area (Å²) in [5.41, 5.74) is -2.80. The molecule has 0 aromatic rings. The quantitative estimate of drug-likeness (QED) is 0.267. The van der Waals surface area contributed by atoms with Gasteiger partial charge in [-0.1, -0.05) is 6.58 Å². The second kappa shape index (κ2) is 9.69. The fourth-order valence-corrected chi connectivity index (χ4v) is 1.94. The Hall–Kier alpha value is -2.15. The molecule has 1 atom stereocenters. The van der Waals surface area contributed by atoms with Gasteiger partial charge in [0.05, 0.1) is 17.8 Å². The molecule has 0 aliphatic carbocycles. The van der Waals surface area contributed by atoms with Gasteiger partial charge < -0.3 is 19.3 Å². The van der Waals surface area contributed by atoms with E-state index in [0.717, 1.165) is 18.4 Å².